The predicted octanol–water partition coefficient (Wildman–Crippen LogP) is 1.62. The van der Waals surface area contributed by atoms with Crippen molar-refractivity contribution < 1.29 is 5.11 Å². The van der Waals surface area contributed by atoms with Gasteiger partial charge in [-0.05, 0) is 19.0 Å². The quantitative estimate of drug-likeness (QED) is 0.848. The number of hydrogen-bond acceptors (Lipinski definition) is 4. The van der Waals surface area contributed by atoms with Gasteiger partial charge in [-0.25, -0.2) is 0 Å². The van der Waals surface area contributed by atoms with Crippen molar-refractivity contribution in [2.45, 2.75) is 19.9 Å². The Hall–Kier alpha value is -0.860. The molecule has 1 N–H and O–H groups in total. The number of rotatable bonds is 4. The van der Waals surface area contributed by atoms with Crippen LogP contribution in [0.5, 0.6) is 0 Å². The van der Waals surface area contributed by atoms with E-state index in [0.29, 0.717) is 0 Å². The zero-order chi connectivity index (χ0) is 13.5. The summed E-state index contributed by atoms with van der Waals surface area (Å²) in [6.45, 7) is 9.15. The summed E-state index contributed by atoms with van der Waals surface area (Å²) in [5.41, 5.74) is 1.03. The molecule has 1 aromatic heterocycles. The van der Waals surface area contributed by atoms with Gasteiger partial charge in [0.05, 0.1) is 0 Å². The summed E-state index contributed by atoms with van der Waals surface area (Å²) in [6.07, 6.45) is 1.25. The minimum absolute atomic E-state index is 0.0649. The first-order valence-corrected chi connectivity index (χ1v) is 7.81. The van der Waals surface area contributed by atoms with E-state index in [9.17, 15) is 0 Å². The number of hydrogen-bond donors (Lipinski definition) is 1. The molecule has 0 bridgehead atoms. The van der Waals surface area contributed by atoms with E-state index >= 15 is 0 Å². The summed E-state index contributed by atoms with van der Waals surface area (Å²) >= 11 is 1.77. The van der Waals surface area contributed by atoms with Gasteiger partial charge < -0.3 is 10.0 Å². The molecule has 2 rings (SSSR count). The third kappa shape index (κ3) is 4.63. The van der Waals surface area contributed by atoms with Crippen LogP contribution in [0.25, 0.3) is 0 Å². The van der Waals surface area contributed by atoms with Crippen LogP contribution < -0.4 is 0 Å². The van der Waals surface area contributed by atoms with Gasteiger partial charge in [0.25, 0.3) is 0 Å². The molecule has 1 saturated heterocycles. The van der Waals surface area contributed by atoms with Crippen molar-refractivity contribution in [3.63, 3.8) is 0 Å². The summed E-state index contributed by atoms with van der Waals surface area (Å²) in [6, 6.07) is 2.14. The normalized spacial score (nSPS) is 17.2. The van der Waals surface area contributed by atoms with E-state index in [4.69, 9.17) is 5.11 Å². The smallest absolute Gasteiger partial charge is 0.104 e. The zero-order valence-corrected chi connectivity index (χ0v) is 12.4. The summed E-state index contributed by atoms with van der Waals surface area (Å²) in [5, 5.41) is 10.8. The first-order valence-electron chi connectivity index (χ1n) is 6.93. The van der Waals surface area contributed by atoms with Gasteiger partial charge in [0.2, 0.25) is 0 Å². The van der Waals surface area contributed by atoms with Gasteiger partial charge in [-0.1, -0.05) is 18.8 Å². The second kappa shape index (κ2) is 7.66. The fraction of sp³-hybridized carbons (Fsp3) is 0.600. The maximum atomic E-state index is 8.68. The Kier molecular flexibility index (Phi) is 5.87. The topological polar surface area (TPSA) is 26.7 Å². The first-order chi connectivity index (χ1) is 9.31. The molecule has 1 aromatic rings. The minimum atomic E-state index is -0.0649. The maximum Gasteiger partial charge on any atom is 0.104 e. The van der Waals surface area contributed by atoms with E-state index in [1.165, 1.54) is 30.9 Å². The van der Waals surface area contributed by atoms with Gasteiger partial charge in [0.1, 0.15) is 6.61 Å². The Balaban J connectivity index is 1.80. The molecular formula is C15H22N2OS. The lowest BCUT2D eigenvalue weighted by molar-refractivity contribution is 0.128. The molecule has 1 aliphatic rings. The SMILES string of the molecule is CCCN1CCN(Cc2cc(C#CCO)cs2)CC1. The number of thiophene rings is 1. The molecule has 19 heavy (non-hydrogen) atoms. The molecule has 0 unspecified atom stereocenters. The first kappa shape index (κ1) is 14.5. The van der Waals surface area contributed by atoms with Crippen LogP contribution in [0.1, 0.15) is 23.8 Å². The molecule has 1 aliphatic heterocycles. The summed E-state index contributed by atoms with van der Waals surface area (Å²) in [4.78, 5) is 6.43. The highest BCUT2D eigenvalue weighted by Crippen LogP contribution is 2.17. The van der Waals surface area contributed by atoms with Crippen molar-refractivity contribution in [2.24, 2.45) is 0 Å². The van der Waals surface area contributed by atoms with Crippen LogP contribution in [0, 0.1) is 11.8 Å². The maximum absolute atomic E-state index is 8.68. The van der Waals surface area contributed by atoms with Crippen molar-refractivity contribution in [2.75, 3.05) is 39.3 Å². The number of aliphatic hydroxyl groups excluding tert-OH is 1. The van der Waals surface area contributed by atoms with E-state index in [0.717, 1.165) is 25.2 Å². The fourth-order valence-corrected chi connectivity index (χ4v) is 3.24. The Morgan fingerprint density at radius 2 is 2.00 bits per heavy atom. The molecule has 0 aromatic carbocycles. The lowest BCUT2D eigenvalue weighted by atomic mass is 10.2. The lowest BCUT2D eigenvalue weighted by Gasteiger charge is -2.34. The highest BCUT2D eigenvalue weighted by atomic mass is 32.1. The lowest BCUT2D eigenvalue weighted by Crippen LogP contribution is -2.45. The number of nitrogens with zero attached hydrogens (tertiary/aromatic N) is 2. The molecule has 4 heteroatoms. The Labute approximate surface area is 119 Å². The summed E-state index contributed by atoms with van der Waals surface area (Å²) in [7, 11) is 0. The molecule has 0 amide bonds. The highest BCUT2D eigenvalue weighted by Gasteiger charge is 2.16. The number of piperazine rings is 1. The van der Waals surface area contributed by atoms with Crippen LogP contribution in [-0.2, 0) is 6.54 Å². The van der Waals surface area contributed by atoms with Crippen LogP contribution in [0.4, 0.5) is 0 Å². The van der Waals surface area contributed by atoms with E-state index < -0.39 is 0 Å². The van der Waals surface area contributed by atoms with Crippen LogP contribution in [0.2, 0.25) is 0 Å². The van der Waals surface area contributed by atoms with E-state index in [1.807, 2.05) is 0 Å². The molecular weight excluding hydrogens is 256 g/mol. The molecule has 0 spiro atoms. The Bertz CT molecular complexity index is 438. The molecule has 0 saturated carbocycles. The minimum Gasteiger partial charge on any atom is -0.384 e. The molecule has 0 aliphatic carbocycles. The van der Waals surface area contributed by atoms with Crippen molar-refractivity contribution in [1.29, 1.82) is 0 Å². The second-order valence-corrected chi connectivity index (χ2v) is 5.88. The van der Waals surface area contributed by atoms with Crippen molar-refractivity contribution in [3.05, 3.63) is 21.9 Å². The van der Waals surface area contributed by atoms with Gasteiger partial charge >= 0.3 is 0 Å². The molecule has 0 atom stereocenters. The molecule has 1 fully saturated rings. The van der Waals surface area contributed by atoms with Crippen LogP contribution in [0.3, 0.4) is 0 Å². The van der Waals surface area contributed by atoms with Crippen LogP contribution in [0.15, 0.2) is 11.4 Å². The highest BCUT2D eigenvalue weighted by molar-refractivity contribution is 7.10. The van der Waals surface area contributed by atoms with Gasteiger partial charge in [0, 0.05) is 48.5 Å². The van der Waals surface area contributed by atoms with Gasteiger partial charge in [-0.15, -0.1) is 11.3 Å². The molecule has 3 nitrogen and oxygen atoms in total. The molecule has 104 valence electrons. The average molecular weight is 278 g/mol. The third-order valence-electron chi connectivity index (χ3n) is 3.35. The van der Waals surface area contributed by atoms with Crippen LogP contribution >= 0.6 is 11.3 Å². The average Bonchev–Trinajstić information content (AvgIpc) is 2.87. The predicted molar refractivity (Wildman–Crippen MR) is 80.3 cm³/mol. The largest absolute Gasteiger partial charge is 0.384 e. The second-order valence-electron chi connectivity index (χ2n) is 4.88. The van der Waals surface area contributed by atoms with Crippen molar-refractivity contribution >= 4 is 11.3 Å². The van der Waals surface area contributed by atoms with E-state index in [-0.39, 0.29) is 6.61 Å². The van der Waals surface area contributed by atoms with Crippen molar-refractivity contribution in [1.82, 2.24) is 9.80 Å². The van der Waals surface area contributed by atoms with E-state index in [1.54, 1.807) is 11.3 Å². The summed E-state index contributed by atoms with van der Waals surface area (Å²) in [5.74, 6) is 5.65. The summed E-state index contributed by atoms with van der Waals surface area (Å²) < 4.78 is 0. The molecule has 0 radical (unpaired) electrons. The Morgan fingerprint density at radius 1 is 1.26 bits per heavy atom. The van der Waals surface area contributed by atoms with Crippen molar-refractivity contribution in [3.8, 4) is 11.8 Å². The van der Waals surface area contributed by atoms with Crippen LogP contribution in [-0.4, -0.2) is 54.2 Å². The zero-order valence-electron chi connectivity index (χ0n) is 11.6. The number of aliphatic hydroxyl groups is 1. The van der Waals surface area contributed by atoms with Gasteiger partial charge in [0.15, 0.2) is 0 Å². The van der Waals surface area contributed by atoms with Gasteiger partial charge in [-0.2, -0.15) is 0 Å². The van der Waals surface area contributed by atoms with E-state index in [2.05, 4.69) is 40.0 Å². The monoisotopic (exact) mass is 278 g/mol. The van der Waals surface area contributed by atoms with Gasteiger partial charge in [-0.3, -0.25) is 4.90 Å². The standard InChI is InChI=1S/C15H22N2OS/c1-2-5-16-6-8-17(9-7-16)12-15-11-14(13-19-15)4-3-10-18/h11,13,18H,2,5-10,12H2,1H3. The Morgan fingerprint density at radius 3 is 2.68 bits per heavy atom. The molecule has 2 heterocycles. The fourth-order valence-electron chi connectivity index (χ4n) is 2.38. The third-order valence-corrected chi connectivity index (χ3v) is 4.27.